The summed E-state index contributed by atoms with van der Waals surface area (Å²) in [7, 11) is 0. The minimum atomic E-state index is -0.723. The lowest BCUT2D eigenvalue weighted by Crippen LogP contribution is -2.20. The van der Waals surface area contributed by atoms with Crippen LogP contribution in [0.3, 0.4) is 0 Å². The molecule has 1 aromatic heterocycles. The number of hydrogen-bond donors (Lipinski definition) is 4. The molecule has 0 bridgehead atoms. The molecule has 7 nitrogen and oxygen atoms in total. The monoisotopic (exact) mass is 364 g/mol. The van der Waals surface area contributed by atoms with Gasteiger partial charge in [-0.15, -0.1) is 0 Å². The maximum atomic E-state index is 12.7. The molecule has 4 rings (SSSR count). The number of carbonyl (C=O) groups is 2. The molecule has 1 atom stereocenters. The van der Waals surface area contributed by atoms with Crippen molar-refractivity contribution in [3.8, 4) is 0 Å². The van der Waals surface area contributed by atoms with E-state index in [1.165, 1.54) is 0 Å². The topological polar surface area (TPSA) is 109 Å². The van der Waals surface area contributed by atoms with E-state index in [0.717, 1.165) is 36.1 Å². The third-order valence-corrected chi connectivity index (χ3v) is 4.82. The molecule has 2 amide bonds. The second kappa shape index (κ2) is 6.86. The Morgan fingerprint density at radius 2 is 2.00 bits per heavy atom. The molecule has 2 heterocycles. The van der Waals surface area contributed by atoms with Crippen molar-refractivity contribution < 1.29 is 14.7 Å². The van der Waals surface area contributed by atoms with E-state index < -0.39 is 12.1 Å². The van der Waals surface area contributed by atoms with Crippen LogP contribution in [0.5, 0.6) is 0 Å². The van der Waals surface area contributed by atoms with Crippen LogP contribution in [0, 0.1) is 0 Å². The van der Waals surface area contributed by atoms with Gasteiger partial charge in [0.1, 0.15) is 6.23 Å². The number of aliphatic hydroxyl groups excluding tert-OH is 1. The Balaban J connectivity index is 1.69. The Kier molecular flexibility index (Phi) is 4.39. The number of nitrogens with zero attached hydrogens (tertiary/aromatic N) is 1. The van der Waals surface area contributed by atoms with E-state index in [-0.39, 0.29) is 11.5 Å². The molecule has 1 aliphatic rings. The third-order valence-electron chi connectivity index (χ3n) is 4.82. The number of aromatic nitrogens is 1. The first-order valence-corrected chi connectivity index (χ1v) is 8.79. The molecule has 2 aromatic carbocycles. The molecule has 138 valence electrons. The molecular formula is C20H20N4O3. The van der Waals surface area contributed by atoms with Crippen molar-refractivity contribution in [2.45, 2.75) is 19.2 Å². The van der Waals surface area contributed by atoms with Crippen LogP contribution < -0.4 is 16.4 Å². The molecule has 1 unspecified atom stereocenters. The predicted octanol–water partition coefficient (Wildman–Crippen LogP) is 1.98. The fourth-order valence-corrected chi connectivity index (χ4v) is 3.48. The number of fused-ring (bicyclic) bond motifs is 3. The number of nitrogens with two attached hydrogens (primary N) is 1. The van der Waals surface area contributed by atoms with Crippen molar-refractivity contribution in [1.29, 1.82) is 0 Å². The van der Waals surface area contributed by atoms with E-state index in [4.69, 9.17) is 5.73 Å². The second-order valence-corrected chi connectivity index (χ2v) is 6.57. The third kappa shape index (κ3) is 3.18. The maximum absolute atomic E-state index is 12.7. The Morgan fingerprint density at radius 1 is 1.19 bits per heavy atom. The van der Waals surface area contributed by atoms with Gasteiger partial charge in [0.25, 0.3) is 11.8 Å². The zero-order chi connectivity index (χ0) is 19.0. The first kappa shape index (κ1) is 17.3. The van der Waals surface area contributed by atoms with E-state index in [9.17, 15) is 14.7 Å². The van der Waals surface area contributed by atoms with Gasteiger partial charge in [-0.1, -0.05) is 18.2 Å². The molecule has 0 aliphatic carbocycles. The highest BCUT2D eigenvalue weighted by molar-refractivity contribution is 6.09. The van der Waals surface area contributed by atoms with Crippen LogP contribution in [0.15, 0.2) is 48.5 Å². The molecule has 0 saturated heterocycles. The summed E-state index contributed by atoms with van der Waals surface area (Å²) < 4.78 is 2.04. The lowest BCUT2D eigenvalue weighted by molar-refractivity contribution is 0.100. The van der Waals surface area contributed by atoms with Crippen LogP contribution in [0.2, 0.25) is 0 Å². The number of anilines is 1. The standard InChI is InChI=1S/C20H20N4O3/c21-18(25)14-4-1-2-5-15(14)23-19(26)13-7-6-12-10-17-20(27)22-8-3-9-24(17)16(12)11-13/h1-2,4-7,10-11,20,22,27H,3,8-9H2,(H2,21,25)(H,23,26). The molecule has 0 saturated carbocycles. The van der Waals surface area contributed by atoms with E-state index >= 15 is 0 Å². The Labute approximate surface area is 155 Å². The highest BCUT2D eigenvalue weighted by Gasteiger charge is 2.20. The predicted molar refractivity (Wildman–Crippen MR) is 102 cm³/mol. The lowest BCUT2D eigenvalue weighted by Gasteiger charge is -2.11. The van der Waals surface area contributed by atoms with Crippen LogP contribution in [0.25, 0.3) is 10.9 Å². The number of aryl methyl sites for hydroxylation is 1. The number of rotatable bonds is 3. The Morgan fingerprint density at radius 3 is 2.81 bits per heavy atom. The molecule has 1 aliphatic heterocycles. The summed E-state index contributed by atoms with van der Waals surface area (Å²) in [4.78, 5) is 24.3. The van der Waals surface area contributed by atoms with Crippen molar-refractivity contribution in [2.24, 2.45) is 5.73 Å². The van der Waals surface area contributed by atoms with Gasteiger partial charge in [-0.2, -0.15) is 0 Å². The van der Waals surface area contributed by atoms with Crippen molar-refractivity contribution in [3.63, 3.8) is 0 Å². The number of para-hydroxylation sites is 1. The quantitative estimate of drug-likeness (QED) is 0.570. The van der Waals surface area contributed by atoms with E-state index in [1.54, 1.807) is 36.4 Å². The van der Waals surface area contributed by atoms with Crippen molar-refractivity contribution in [3.05, 3.63) is 65.4 Å². The van der Waals surface area contributed by atoms with Gasteiger partial charge in [0.05, 0.1) is 16.9 Å². The molecule has 0 spiro atoms. The van der Waals surface area contributed by atoms with Crippen molar-refractivity contribution in [1.82, 2.24) is 9.88 Å². The van der Waals surface area contributed by atoms with Crippen LogP contribution in [0.4, 0.5) is 5.69 Å². The minimum Gasteiger partial charge on any atom is -0.373 e. The number of amides is 2. The summed E-state index contributed by atoms with van der Waals surface area (Å²) in [6, 6.07) is 14.0. The smallest absolute Gasteiger partial charge is 0.255 e. The zero-order valence-electron chi connectivity index (χ0n) is 14.6. The number of benzene rings is 2. The summed E-state index contributed by atoms with van der Waals surface area (Å²) in [6.07, 6.45) is 0.163. The van der Waals surface area contributed by atoms with Crippen molar-refractivity contribution in [2.75, 3.05) is 11.9 Å². The van der Waals surface area contributed by atoms with Gasteiger partial charge in [0, 0.05) is 23.0 Å². The number of aliphatic hydroxyl groups is 1. The van der Waals surface area contributed by atoms with Crippen LogP contribution >= 0.6 is 0 Å². The first-order valence-electron chi connectivity index (χ1n) is 8.79. The summed E-state index contributed by atoms with van der Waals surface area (Å²) in [6.45, 7) is 1.49. The van der Waals surface area contributed by atoms with E-state index in [2.05, 4.69) is 10.6 Å². The summed E-state index contributed by atoms with van der Waals surface area (Å²) >= 11 is 0. The summed E-state index contributed by atoms with van der Waals surface area (Å²) in [5, 5.41) is 17.0. The molecular weight excluding hydrogens is 344 g/mol. The second-order valence-electron chi connectivity index (χ2n) is 6.57. The number of carbonyl (C=O) groups excluding carboxylic acids is 2. The average Bonchev–Trinajstić information content (AvgIpc) is 2.93. The number of hydrogen-bond acceptors (Lipinski definition) is 4. The van der Waals surface area contributed by atoms with Crippen LogP contribution in [-0.4, -0.2) is 28.0 Å². The highest BCUT2D eigenvalue weighted by atomic mass is 16.3. The van der Waals surface area contributed by atoms with Crippen LogP contribution in [-0.2, 0) is 6.54 Å². The van der Waals surface area contributed by atoms with Gasteiger partial charge in [-0.05, 0) is 43.3 Å². The van der Waals surface area contributed by atoms with Crippen LogP contribution in [0.1, 0.15) is 39.1 Å². The van der Waals surface area contributed by atoms with Gasteiger partial charge >= 0.3 is 0 Å². The van der Waals surface area contributed by atoms with Crippen molar-refractivity contribution >= 4 is 28.4 Å². The number of nitrogens with one attached hydrogen (secondary N) is 2. The molecule has 7 heteroatoms. The van der Waals surface area contributed by atoms with Gasteiger partial charge in [-0.25, -0.2) is 0 Å². The SMILES string of the molecule is NC(=O)c1ccccc1NC(=O)c1ccc2cc3n(c2c1)CCCNC3O. The largest absolute Gasteiger partial charge is 0.373 e. The van der Waals surface area contributed by atoms with Gasteiger partial charge in [-0.3, -0.25) is 14.9 Å². The zero-order valence-corrected chi connectivity index (χ0v) is 14.6. The van der Waals surface area contributed by atoms with E-state index in [0.29, 0.717) is 11.3 Å². The van der Waals surface area contributed by atoms with Gasteiger partial charge < -0.3 is 20.7 Å². The Bertz CT molecular complexity index is 1040. The minimum absolute atomic E-state index is 0.262. The average molecular weight is 364 g/mol. The summed E-state index contributed by atoms with van der Waals surface area (Å²) in [5.74, 6) is -0.923. The number of primary amides is 1. The maximum Gasteiger partial charge on any atom is 0.255 e. The molecule has 0 fully saturated rings. The van der Waals surface area contributed by atoms with Gasteiger partial charge in [0.15, 0.2) is 0 Å². The normalized spacial score (nSPS) is 16.6. The Hall–Kier alpha value is -3.16. The van der Waals surface area contributed by atoms with E-state index in [1.807, 2.05) is 16.7 Å². The molecule has 27 heavy (non-hydrogen) atoms. The molecule has 3 aromatic rings. The molecule has 0 radical (unpaired) electrons. The fourth-order valence-electron chi connectivity index (χ4n) is 3.48. The highest BCUT2D eigenvalue weighted by Crippen LogP contribution is 2.27. The fraction of sp³-hybridized carbons (Fsp3) is 0.200. The lowest BCUT2D eigenvalue weighted by atomic mass is 10.1. The summed E-state index contributed by atoms with van der Waals surface area (Å²) in [5.41, 5.74) is 8.16. The molecule has 5 N–H and O–H groups in total. The van der Waals surface area contributed by atoms with Gasteiger partial charge in [0.2, 0.25) is 0 Å². The first-order chi connectivity index (χ1) is 13.0.